The number of para-hydroxylation sites is 1. The summed E-state index contributed by atoms with van der Waals surface area (Å²) in [5, 5.41) is 0.677. The summed E-state index contributed by atoms with van der Waals surface area (Å²) in [5.74, 6) is -0.550. The molecule has 29 heavy (non-hydrogen) atoms. The largest absolute Gasteiger partial charge is 0.369 e. The number of halogens is 2. The smallest absolute Gasteiger partial charge is 0.249 e. The lowest BCUT2D eigenvalue weighted by atomic mass is 10.0. The van der Waals surface area contributed by atoms with Gasteiger partial charge in [-0.05, 0) is 42.7 Å². The number of rotatable bonds is 7. The summed E-state index contributed by atoms with van der Waals surface area (Å²) in [6.07, 6.45) is 1.75. The predicted molar refractivity (Wildman–Crippen MR) is 112 cm³/mol. The van der Waals surface area contributed by atoms with Gasteiger partial charge in [-0.2, -0.15) is 0 Å². The second-order valence-corrected chi connectivity index (χ2v) is 9.29. The van der Waals surface area contributed by atoms with E-state index in [0.717, 1.165) is 18.4 Å². The molecule has 1 amide bonds. The van der Waals surface area contributed by atoms with Crippen LogP contribution in [-0.4, -0.2) is 46.6 Å². The summed E-state index contributed by atoms with van der Waals surface area (Å²) in [6, 6.07) is 13.4. The van der Waals surface area contributed by atoms with Gasteiger partial charge in [0.05, 0.1) is 23.6 Å². The number of ether oxygens (including phenoxy) is 1. The second-order valence-electron chi connectivity index (χ2n) is 7.20. The minimum absolute atomic E-state index is 0.00943. The zero-order chi connectivity index (χ0) is 20.4. The van der Waals surface area contributed by atoms with Crippen molar-refractivity contribution in [3.05, 3.63) is 64.9 Å². The Bertz CT molecular complexity index is 907. The van der Waals surface area contributed by atoms with Crippen LogP contribution in [0.1, 0.15) is 24.4 Å². The van der Waals surface area contributed by atoms with Crippen LogP contribution in [0.2, 0.25) is 5.02 Å². The van der Waals surface area contributed by atoms with Crippen LogP contribution in [0.3, 0.4) is 0 Å². The van der Waals surface area contributed by atoms with E-state index >= 15 is 0 Å². The number of anilines is 1. The Morgan fingerprint density at radius 3 is 2.59 bits per heavy atom. The van der Waals surface area contributed by atoms with Crippen LogP contribution < -0.4 is 4.31 Å². The van der Waals surface area contributed by atoms with E-state index in [2.05, 4.69) is 0 Å². The molecule has 154 valence electrons. The van der Waals surface area contributed by atoms with Gasteiger partial charge in [-0.25, -0.2) is 8.60 Å². The topological polar surface area (TPSA) is 49.9 Å². The summed E-state index contributed by atoms with van der Waals surface area (Å²) < 4.78 is 34.4. The molecule has 5 nitrogen and oxygen atoms in total. The maximum Gasteiger partial charge on any atom is 0.249 e. The van der Waals surface area contributed by atoms with Crippen molar-refractivity contribution < 1.29 is 18.1 Å². The van der Waals surface area contributed by atoms with E-state index in [1.807, 2.05) is 12.1 Å². The second kappa shape index (κ2) is 8.81. The molecule has 0 aromatic heterocycles. The van der Waals surface area contributed by atoms with Crippen molar-refractivity contribution in [1.82, 2.24) is 4.90 Å². The van der Waals surface area contributed by atoms with Crippen LogP contribution in [0.25, 0.3) is 0 Å². The molecule has 2 atom stereocenters. The molecule has 2 aliphatic rings. The van der Waals surface area contributed by atoms with E-state index in [0.29, 0.717) is 23.9 Å². The molecular formula is C21H22ClFN2O3S. The summed E-state index contributed by atoms with van der Waals surface area (Å²) in [7, 11) is -1.33. The highest BCUT2D eigenvalue weighted by atomic mass is 35.5. The number of amides is 1. The molecule has 2 aromatic carbocycles. The normalized spacial score (nSPS) is 20.6. The van der Waals surface area contributed by atoms with Gasteiger partial charge in [-0.3, -0.25) is 9.10 Å². The minimum Gasteiger partial charge on any atom is -0.369 e. The Kier molecular flexibility index (Phi) is 6.18. The molecule has 0 bridgehead atoms. The fourth-order valence-corrected chi connectivity index (χ4v) is 5.08. The third-order valence-corrected chi connectivity index (χ3v) is 7.25. The van der Waals surface area contributed by atoms with E-state index < -0.39 is 16.8 Å². The summed E-state index contributed by atoms with van der Waals surface area (Å²) in [5.41, 5.74) is 1.23. The van der Waals surface area contributed by atoms with E-state index in [1.165, 1.54) is 6.07 Å². The van der Waals surface area contributed by atoms with Crippen molar-refractivity contribution in [2.45, 2.75) is 24.1 Å². The fraction of sp³-hybridized carbons (Fsp3) is 0.381. The summed E-state index contributed by atoms with van der Waals surface area (Å²) >= 11 is 5.98. The highest BCUT2D eigenvalue weighted by Crippen LogP contribution is 2.32. The number of carbonyl (C=O) groups is 1. The molecule has 0 spiro atoms. The number of hydrogen-bond acceptors (Lipinski definition) is 3. The molecule has 1 saturated carbocycles. The first-order chi connectivity index (χ1) is 14.0. The van der Waals surface area contributed by atoms with Crippen LogP contribution in [0.5, 0.6) is 0 Å². The molecule has 2 unspecified atom stereocenters. The molecule has 2 fully saturated rings. The maximum atomic E-state index is 14.4. The molecule has 1 aliphatic heterocycles. The average molecular weight is 437 g/mol. The van der Waals surface area contributed by atoms with Gasteiger partial charge in [0.25, 0.3) is 0 Å². The van der Waals surface area contributed by atoms with Crippen molar-refractivity contribution in [2.24, 2.45) is 0 Å². The molecule has 0 radical (unpaired) electrons. The van der Waals surface area contributed by atoms with Gasteiger partial charge in [0.1, 0.15) is 23.4 Å². The van der Waals surface area contributed by atoms with Gasteiger partial charge in [0, 0.05) is 18.1 Å². The third-order valence-electron chi connectivity index (χ3n) is 5.14. The van der Waals surface area contributed by atoms with Gasteiger partial charge in [0.2, 0.25) is 5.91 Å². The van der Waals surface area contributed by atoms with E-state index in [4.69, 9.17) is 16.3 Å². The molecule has 2 aromatic rings. The molecule has 1 aliphatic carbocycles. The number of nitrogens with zero attached hydrogens (tertiary/aromatic N) is 2. The quantitative estimate of drug-likeness (QED) is 0.664. The van der Waals surface area contributed by atoms with Crippen molar-refractivity contribution >= 4 is 34.2 Å². The number of carbonyl (C=O) groups excluding carboxylic acids is 1. The standard InChI is InChI=1S/C21H22ClFN2O3S/c22-16-7-5-15(6-8-16)20-13-28-14-21(26)24(20)11-12-25(29(27)17-9-10-17)19-4-2-1-3-18(19)23/h1-8,17,20H,9-14H2. The van der Waals surface area contributed by atoms with Gasteiger partial charge in [0.15, 0.2) is 0 Å². The average Bonchev–Trinajstić information content (AvgIpc) is 3.56. The van der Waals surface area contributed by atoms with Crippen molar-refractivity contribution in [3.63, 3.8) is 0 Å². The first-order valence-corrected chi connectivity index (χ1v) is 11.1. The summed E-state index contributed by atoms with van der Waals surface area (Å²) in [6.45, 7) is 0.983. The zero-order valence-electron chi connectivity index (χ0n) is 15.8. The number of benzene rings is 2. The zero-order valence-corrected chi connectivity index (χ0v) is 17.4. The van der Waals surface area contributed by atoms with Crippen LogP contribution >= 0.6 is 11.6 Å². The van der Waals surface area contributed by atoms with Crippen molar-refractivity contribution in [3.8, 4) is 0 Å². The molecule has 4 rings (SSSR count). The third kappa shape index (κ3) is 4.63. The Morgan fingerprint density at radius 2 is 1.90 bits per heavy atom. The molecule has 1 heterocycles. The number of hydrogen-bond donors (Lipinski definition) is 0. The Balaban J connectivity index is 1.55. The van der Waals surface area contributed by atoms with Crippen LogP contribution in [0.15, 0.2) is 48.5 Å². The lowest BCUT2D eigenvalue weighted by Gasteiger charge is -2.37. The highest BCUT2D eigenvalue weighted by molar-refractivity contribution is 7.87. The predicted octanol–water partition coefficient (Wildman–Crippen LogP) is 3.71. The van der Waals surface area contributed by atoms with Gasteiger partial charge in [-0.1, -0.05) is 35.9 Å². The maximum absolute atomic E-state index is 14.4. The number of morpholine rings is 1. The first kappa shape index (κ1) is 20.3. The van der Waals surface area contributed by atoms with Crippen LogP contribution in [0, 0.1) is 5.82 Å². The van der Waals surface area contributed by atoms with Gasteiger partial charge < -0.3 is 9.64 Å². The van der Waals surface area contributed by atoms with Gasteiger partial charge >= 0.3 is 0 Å². The molecule has 1 saturated heterocycles. The Morgan fingerprint density at radius 1 is 1.17 bits per heavy atom. The Labute approximate surface area is 177 Å². The molecule has 8 heteroatoms. The molecule has 0 N–H and O–H groups in total. The fourth-order valence-electron chi connectivity index (χ4n) is 3.46. The van der Waals surface area contributed by atoms with Crippen molar-refractivity contribution in [2.75, 3.05) is 30.6 Å². The first-order valence-electron chi connectivity index (χ1n) is 9.60. The minimum atomic E-state index is -1.33. The monoisotopic (exact) mass is 436 g/mol. The SMILES string of the molecule is O=C1COCC(c2ccc(Cl)cc2)N1CCN(c1ccccc1F)S(=O)C1CC1. The van der Waals surface area contributed by atoms with E-state index in [-0.39, 0.29) is 30.4 Å². The van der Waals surface area contributed by atoms with Crippen LogP contribution in [0.4, 0.5) is 10.1 Å². The summed E-state index contributed by atoms with van der Waals surface area (Å²) in [4.78, 5) is 14.3. The lowest BCUT2D eigenvalue weighted by Crippen LogP contribution is -2.48. The Hall–Kier alpha value is -1.96. The molecular weight excluding hydrogens is 415 g/mol. The van der Waals surface area contributed by atoms with E-state index in [1.54, 1.807) is 39.5 Å². The lowest BCUT2D eigenvalue weighted by molar-refractivity contribution is -0.148. The highest BCUT2D eigenvalue weighted by Gasteiger charge is 2.35. The van der Waals surface area contributed by atoms with Gasteiger partial charge in [-0.15, -0.1) is 0 Å². The van der Waals surface area contributed by atoms with Crippen molar-refractivity contribution in [1.29, 1.82) is 0 Å². The van der Waals surface area contributed by atoms with Crippen LogP contribution in [-0.2, 0) is 20.5 Å². The van der Waals surface area contributed by atoms with E-state index in [9.17, 15) is 13.4 Å².